The van der Waals surface area contributed by atoms with Crippen LogP contribution in [0.5, 0.6) is 0 Å². The van der Waals surface area contributed by atoms with Crippen LogP contribution in [0.3, 0.4) is 0 Å². The van der Waals surface area contributed by atoms with Gasteiger partial charge in [0.25, 0.3) is 0 Å². The van der Waals surface area contributed by atoms with E-state index < -0.39 is 0 Å². The normalized spacial score (nSPS) is 17.3. The lowest BCUT2D eigenvalue weighted by atomic mass is 9.74. The van der Waals surface area contributed by atoms with E-state index in [1.807, 2.05) is 48.5 Å². The van der Waals surface area contributed by atoms with Crippen molar-refractivity contribution in [2.24, 2.45) is 5.92 Å². The molecule has 1 aliphatic heterocycles. The first kappa shape index (κ1) is 22.1. The van der Waals surface area contributed by atoms with Crippen molar-refractivity contribution in [1.82, 2.24) is 10.2 Å². The van der Waals surface area contributed by atoms with Gasteiger partial charge in [0.05, 0.1) is 17.4 Å². The first-order valence-electron chi connectivity index (χ1n) is 11.1. The molecule has 1 aliphatic rings. The average molecular weight is 404 g/mol. The van der Waals surface area contributed by atoms with Crippen molar-refractivity contribution in [3.63, 3.8) is 0 Å². The summed E-state index contributed by atoms with van der Waals surface area (Å²) in [4.78, 5) is 15.2. The van der Waals surface area contributed by atoms with Gasteiger partial charge in [0.2, 0.25) is 5.91 Å². The Hall–Kier alpha value is -2.64. The number of hydrogen-bond donors (Lipinski definition) is 1. The van der Waals surface area contributed by atoms with Gasteiger partial charge in [0, 0.05) is 6.54 Å². The van der Waals surface area contributed by atoms with Gasteiger partial charge >= 0.3 is 0 Å². The van der Waals surface area contributed by atoms with Gasteiger partial charge in [-0.1, -0.05) is 74.5 Å². The predicted octanol–water partition coefficient (Wildman–Crippen LogP) is 4.49. The number of hydrogen-bond acceptors (Lipinski definition) is 3. The summed E-state index contributed by atoms with van der Waals surface area (Å²) in [6.07, 6.45) is 2.66. The van der Waals surface area contributed by atoms with E-state index in [1.54, 1.807) is 0 Å². The summed E-state index contributed by atoms with van der Waals surface area (Å²) in [7, 11) is 0. The van der Waals surface area contributed by atoms with E-state index in [0.717, 1.165) is 50.0 Å². The van der Waals surface area contributed by atoms with E-state index in [9.17, 15) is 10.1 Å². The first-order chi connectivity index (χ1) is 14.6. The monoisotopic (exact) mass is 403 g/mol. The lowest BCUT2D eigenvalue weighted by Crippen LogP contribution is -2.43. The van der Waals surface area contributed by atoms with Gasteiger partial charge in [-0.15, -0.1) is 0 Å². The molecule has 0 aliphatic carbocycles. The second kappa shape index (κ2) is 10.4. The van der Waals surface area contributed by atoms with E-state index in [-0.39, 0.29) is 23.2 Å². The van der Waals surface area contributed by atoms with Crippen molar-refractivity contribution in [2.75, 3.05) is 26.2 Å². The van der Waals surface area contributed by atoms with E-state index in [0.29, 0.717) is 6.54 Å². The number of benzene rings is 2. The molecule has 3 rings (SSSR count). The SMILES string of the molecule is CC(C)[C@H](C(=O)NCCCN1CCC(C#N)(c2ccccc2)CC1)c1ccccc1. The van der Waals surface area contributed by atoms with Gasteiger partial charge in [-0.25, -0.2) is 0 Å². The van der Waals surface area contributed by atoms with Crippen molar-refractivity contribution >= 4 is 5.91 Å². The Bertz CT molecular complexity index is 834. The van der Waals surface area contributed by atoms with Crippen LogP contribution >= 0.6 is 0 Å². The fourth-order valence-electron chi connectivity index (χ4n) is 4.50. The summed E-state index contributed by atoms with van der Waals surface area (Å²) in [5, 5.41) is 13.0. The average Bonchev–Trinajstić information content (AvgIpc) is 2.78. The molecule has 0 bridgehead atoms. The maximum absolute atomic E-state index is 12.8. The van der Waals surface area contributed by atoms with Crippen LogP contribution in [0.4, 0.5) is 0 Å². The Kier molecular flexibility index (Phi) is 7.65. The zero-order chi connectivity index (χ0) is 21.4. The molecule has 1 fully saturated rings. The van der Waals surface area contributed by atoms with Gasteiger partial charge < -0.3 is 10.2 Å². The third kappa shape index (κ3) is 5.29. The highest BCUT2D eigenvalue weighted by atomic mass is 16.1. The highest BCUT2D eigenvalue weighted by Gasteiger charge is 2.36. The molecule has 1 saturated heterocycles. The molecule has 30 heavy (non-hydrogen) atoms. The molecule has 1 N–H and O–H groups in total. The number of piperidine rings is 1. The van der Waals surface area contributed by atoms with Crippen LogP contribution in [0.25, 0.3) is 0 Å². The zero-order valence-electron chi connectivity index (χ0n) is 18.2. The molecule has 158 valence electrons. The summed E-state index contributed by atoms with van der Waals surface area (Å²) < 4.78 is 0. The van der Waals surface area contributed by atoms with Crippen molar-refractivity contribution in [3.05, 3.63) is 71.8 Å². The van der Waals surface area contributed by atoms with Crippen molar-refractivity contribution in [2.45, 2.75) is 44.4 Å². The highest BCUT2D eigenvalue weighted by Crippen LogP contribution is 2.34. The van der Waals surface area contributed by atoms with Gasteiger partial charge in [0.15, 0.2) is 0 Å². The molecule has 0 radical (unpaired) electrons. The number of carbonyl (C=O) groups excluding carboxylic acids is 1. The smallest absolute Gasteiger partial charge is 0.227 e. The Morgan fingerprint density at radius 3 is 2.23 bits per heavy atom. The van der Waals surface area contributed by atoms with E-state index in [2.05, 4.69) is 42.3 Å². The van der Waals surface area contributed by atoms with E-state index in [4.69, 9.17) is 0 Å². The molecule has 4 heteroatoms. The second-order valence-corrected chi connectivity index (χ2v) is 8.68. The van der Waals surface area contributed by atoms with Gasteiger partial charge in [-0.2, -0.15) is 5.26 Å². The molecule has 4 nitrogen and oxygen atoms in total. The fourth-order valence-corrected chi connectivity index (χ4v) is 4.50. The predicted molar refractivity (Wildman–Crippen MR) is 121 cm³/mol. The highest BCUT2D eigenvalue weighted by molar-refractivity contribution is 5.83. The lowest BCUT2D eigenvalue weighted by Gasteiger charge is -2.37. The molecular formula is C26H33N3O. The van der Waals surface area contributed by atoms with Crippen LogP contribution in [-0.2, 0) is 10.2 Å². The van der Waals surface area contributed by atoms with Crippen LogP contribution in [0.15, 0.2) is 60.7 Å². The summed E-state index contributed by atoms with van der Waals surface area (Å²) in [5.41, 5.74) is 1.86. The fraction of sp³-hybridized carbons (Fsp3) is 0.462. The van der Waals surface area contributed by atoms with Crippen molar-refractivity contribution < 1.29 is 4.79 Å². The third-order valence-corrected chi connectivity index (χ3v) is 6.31. The standard InChI is InChI=1S/C26H33N3O/c1-21(2)24(22-10-5-3-6-11-22)25(30)28-16-9-17-29-18-14-26(20-27,15-19-29)23-12-7-4-8-13-23/h3-8,10-13,21,24H,9,14-19H2,1-2H3,(H,28,30)/t24-/m0/s1. The number of amides is 1. The van der Waals surface area contributed by atoms with Gasteiger partial charge in [-0.05, 0) is 55.9 Å². The van der Waals surface area contributed by atoms with Crippen molar-refractivity contribution in [1.29, 1.82) is 5.26 Å². The maximum atomic E-state index is 12.8. The Balaban J connectivity index is 1.44. The number of nitriles is 1. The van der Waals surface area contributed by atoms with E-state index in [1.165, 1.54) is 0 Å². The summed E-state index contributed by atoms with van der Waals surface area (Å²) in [6, 6.07) is 22.8. The van der Waals surface area contributed by atoms with Gasteiger partial charge in [0.1, 0.15) is 0 Å². The molecule has 2 aromatic carbocycles. The minimum Gasteiger partial charge on any atom is -0.356 e. The number of nitrogens with one attached hydrogen (secondary N) is 1. The van der Waals surface area contributed by atoms with Crippen LogP contribution in [0.2, 0.25) is 0 Å². The maximum Gasteiger partial charge on any atom is 0.227 e. The molecule has 0 aromatic heterocycles. The van der Waals surface area contributed by atoms with E-state index >= 15 is 0 Å². The largest absolute Gasteiger partial charge is 0.356 e. The number of likely N-dealkylation sites (tertiary alicyclic amines) is 1. The lowest BCUT2D eigenvalue weighted by molar-refractivity contribution is -0.123. The molecular weight excluding hydrogens is 370 g/mol. The van der Waals surface area contributed by atoms with Crippen LogP contribution in [-0.4, -0.2) is 37.0 Å². The quantitative estimate of drug-likeness (QED) is 0.661. The van der Waals surface area contributed by atoms with Crippen LogP contribution in [0, 0.1) is 17.2 Å². The Labute approximate surface area is 180 Å². The molecule has 0 saturated carbocycles. The summed E-state index contributed by atoms with van der Waals surface area (Å²) in [6.45, 7) is 7.68. The minimum atomic E-state index is -0.355. The van der Waals surface area contributed by atoms with Crippen LogP contribution < -0.4 is 5.32 Å². The first-order valence-corrected chi connectivity index (χ1v) is 11.1. The molecule has 1 amide bonds. The molecule has 0 unspecified atom stereocenters. The third-order valence-electron chi connectivity index (χ3n) is 6.31. The summed E-state index contributed by atoms with van der Waals surface area (Å²) in [5.74, 6) is 0.261. The number of nitrogens with zero attached hydrogens (tertiary/aromatic N) is 2. The van der Waals surface area contributed by atoms with Crippen molar-refractivity contribution in [3.8, 4) is 6.07 Å². The molecule has 0 spiro atoms. The summed E-state index contributed by atoms with van der Waals surface area (Å²) >= 11 is 0. The minimum absolute atomic E-state index is 0.108. The molecule has 2 aromatic rings. The van der Waals surface area contributed by atoms with Crippen LogP contribution in [0.1, 0.15) is 50.2 Å². The van der Waals surface area contributed by atoms with Gasteiger partial charge in [-0.3, -0.25) is 4.79 Å². The molecule has 1 heterocycles. The Morgan fingerprint density at radius 1 is 1.07 bits per heavy atom. The number of rotatable bonds is 8. The molecule has 1 atom stereocenters. The number of carbonyl (C=O) groups is 1. The topological polar surface area (TPSA) is 56.1 Å². The zero-order valence-corrected chi connectivity index (χ0v) is 18.2. The second-order valence-electron chi connectivity index (χ2n) is 8.68. The Morgan fingerprint density at radius 2 is 1.67 bits per heavy atom.